The first kappa shape index (κ1) is 25.8. The quantitative estimate of drug-likeness (QED) is 0.478. The zero-order valence-electron chi connectivity index (χ0n) is 22.0. The molecule has 0 amide bonds. The van der Waals surface area contributed by atoms with Crippen LogP contribution in [0, 0.1) is 13.8 Å². The molecule has 1 saturated carbocycles. The van der Waals surface area contributed by atoms with Crippen molar-refractivity contribution < 1.29 is 10.2 Å². The third-order valence-corrected chi connectivity index (χ3v) is 8.31. The Hall–Kier alpha value is -1.81. The molecule has 2 aromatic rings. The van der Waals surface area contributed by atoms with Crippen LogP contribution in [0.25, 0.3) is 0 Å². The van der Waals surface area contributed by atoms with Gasteiger partial charge in [-0.05, 0) is 60.8 Å². The number of aromatic hydroxyl groups is 2. The Kier molecular flexibility index (Phi) is 7.39. The summed E-state index contributed by atoms with van der Waals surface area (Å²) in [5.74, 6) is 0.830. The van der Waals surface area contributed by atoms with E-state index in [1.165, 1.54) is 24.0 Å². The van der Waals surface area contributed by atoms with Crippen LogP contribution < -0.4 is 4.90 Å². The summed E-state index contributed by atoms with van der Waals surface area (Å²) in [7, 11) is 2.13. The third kappa shape index (κ3) is 5.65. The van der Waals surface area contributed by atoms with E-state index in [9.17, 15) is 10.2 Å². The van der Waals surface area contributed by atoms with Crippen molar-refractivity contribution in [3.05, 3.63) is 46.5 Å². The summed E-state index contributed by atoms with van der Waals surface area (Å²) < 4.78 is 0. The van der Waals surface area contributed by atoms with Gasteiger partial charge in [-0.3, -0.25) is 0 Å². The molecule has 2 N–H and O–H groups in total. The van der Waals surface area contributed by atoms with Crippen molar-refractivity contribution in [2.45, 2.75) is 108 Å². The summed E-state index contributed by atoms with van der Waals surface area (Å²) in [4.78, 5) is 3.28. The van der Waals surface area contributed by atoms with Gasteiger partial charge in [0, 0.05) is 29.5 Å². The van der Waals surface area contributed by atoms with Gasteiger partial charge in [-0.1, -0.05) is 66.5 Å². The highest BCUT2D eigenvalue weighted by Gasteiger charge is 2.33. The molecule has 0 unspecified atom stereocenters. The maximum absolute atomic E-state index is 11.2. The molecule has 1 fully saturated rings. The van der Waals surface area contributed by atoms with Crippen LogP contribution in [0.15, 0.2) is 29.2 Å². The molecule has 0 radical (unpaired) electrons. The average molecular weight is 470 g/mol. The second-order valence-electron chi connectivity index (χ2n) is 12.0. The molecular formula is C29H43NO2S. The van der Waals surface area contributed by atoms with Crippen LogP contribution in [0.2, 0.25) is 0 Å². The lowest BCUT2D eigenvalue weighted by atomic mass is 9.84. The minimum Gasteiger partial charge on any atom is -0.506 e. The maximum Gasteiger partial charge on any atom is 0.142 e. The number of rotatable bonds is 4. The van der Waals surface area contributed by atoms with E-state index in [1.54, 1.807) is 0 Å². The van der Waals surface area contributed by atoms with Gasteiger partial charge < -0.3 is 15.1 Å². The monoisotopic (exact) mass is 469 g/mol. The van der Waals surface area contributed by atoms with E-state index in [-0.39, 0.29) is 10.8 Å². The lowest BCUT2D eigenvalue weighted by Crippen LogP contribution is -2.42. The van der Waals surface area contributed by atoms with E-state index in [0.717, 1.165) is 34.6 Å². The van der Waals surface area contributed by atoms with E-state index < -0.39 is 0 Å². The number of aryl methyl sites for hydroxylation is 2. The number of nitrogens with zero attached hydrogens (tertiary/aromatic N) is 1. The number of hydrogen-bond donors (Lipinski definition) is 2. The van der Waals surface area contributed by atoms with Crippen LogP contribution in [-0.4, -0.2) is 28.6 Å². The van der Waals surface area contributed by atoms with E-state index in [0.29, 0.717) is 22.8 Å². The summed E-state index contributed by atoms with van der Waals surface area (Å²) in [6.07, 6.45) is 4.59. The lowest BCUT2D eigenvalue weighted by molar-refractivity contribution is 0.419. The van der Waals surface area contributed by atoms with Crippen molar-refractivity contribution in [2.24, 2.45) is 0 Å². The van der Waals surface area contributed by atoms with E-state index in [1.807, 2.05) is 11.8 Å². The summed E-state index contributed by atoms with van der Waals surface area (Å²) in [5, 5.41) is 22.7. The lowest BCUT2D eigenvalue weighted by Gasteiger charge is -2.40. The Labute approximate surface area is 205 Å². The summed E-state index contributed by atoms with van der Waals surface area (Å²) >= 11 is 1.81. The highest BCUT2D eigenvalue weighted by Crippen LogP contribution is 2.46. The van der Waals surface area contributed by atoms with Gasteiger partial charge in [0.05, 0.1) is 10.6 Å². The SMILES string of the molecule is Cc1cc(S[C@H]2CCCC[C@@H]2N(C)c2cc(C)cc(C(C)(C)C)c2O)c(O)c(C(C)(C)C)c1. The molecule has 0 aromatic heterocycles. The van der Waals surface area contributed by atoms with Crippen molar-refractivity contribution in [1.29, 1.82) is 0 Å². The van der Waals surface area contributed by atoms with Crippen molar-refractivity contribution in [3.63, 3.8) is 0 Å². The van der Waals surface area contributed by atoms with Crippen molar-refractivity contribution in [3.8, 4) is 11.5 Å². The molecule has 0 spiro atoms. The fourth-order valence-electron chi connectivity index (χ4n) is 5.01. The third-order valence-electron chi connectivity index (χ3n) is 6.89. The van der Waals surface area contributed by atoms with E-state index >= 15 is 0 Å². The summed E-state index contributed by atoms with van der Waals surface area (Å²) in [6.45, 7) is 17.1. The molecule has 0 bridgehead atoms. The number of benzene rings is 2. The fraction of sp³-hybridized carbons (Fsp3) is 0.586. The first-order chi connectivity index (χ1) is 15.2. The second kappa shape index (κ2) is 9.44. The molecule has 182 valence electrons. The minimum atomic E-state index is -0.122. The Morgan fingerprint density at radius 2 is 1.30 bits per heavy atom. The van der Waals surface area contributed by atoms with Gasteiger partial charge >= 0.3 is 0 Å². The van der Waals surface area contributed by atoms with Gasteiger partial charge in [0.2, 0.25) is 0 Å². The van der Waals surface area contributed by atoms with Crippen molar-refractivity contribution in [2.75, 3.05) is 11.9 Å². The van der Waals surface area contributed by atoms with Crippen LogP contribution in [0.4, 0.5) is 5.69 Å². The number of anilines is 1. The Morgan fingerprint density at radius 1 is 0.788 bits per heavy atom. The topological polar surface area (TPSA) is 43.7 Å². The van der Waals surface area contributed by atoms with Crippen LogP contribution in [0.5, 0.6) is 11.5 Å². The Morgan fingerprint density at radius 3 is 1.88 bits per heavy atom. The van der Waals surface area contributed by atoms with Crippen LogP contribution in [0.1, 0.15) is 89.5 Å². The smallest absolute Gasteiger partial charge is 0.142 e. The van der Waals surface area contributed by atoms with E-state index in [4.69, 9.17) is 0 Å². The van der Waals surface area contributed by atoms with Crippen LogP contribution in [-0.2, 0) is 10.8 Å². The molecule has 2 aromatic carbocycles. The number of thioether (sulfide) groups is 1. The first-order valence-corrected chi connectivity index (χ1v) is 13.2. The number of phenols is 2. The predicted octanol–water partition coefficient (Wildman–Crippen LogP) is 7.85. The summed E-state index contributed by atoms with van der Waals surface area (Å²) in [5.41, 5.74) is 5.06. The second-order valence-corrected chi connectivity index (χ2v) is 13.2. The van der Waals surface area contributed by atoms with Crippen molar-refractivity contribution in [1.82, 2.24) is 0 Å². The van der Waals surface area contributed by atoms with Gasteiger partial charge in [-0.25, -0.2) is 0 Å². The molecule has 3 nitrogen and oxygen atoms in total. The van der Waals surface area contributed by atoms with Gasteiger partial charge in [0.1, 0.15) is 11.5 Å². The Bertz CT molecular complexity index is 1000. The first-order valence-electron chi connectivity index (χ1n) is 12.3. The molecule has 1 aliphatic carbocycles. The average Bonchev–Trinajstić information content (AvgIpc) is 2.70. The Balaban J connectivity index is 1.97. The highest BCUT2D eigenvalue weighted by atomic mass is 32.2. The van der Waals surface area contributed by atoms with Gasteiger partial charge in [-0.2, -0.15) is 0 Å². The molecular weight excluding hydrogens is 426 g/mol. The normalized spacial score (nSPS) is 19.5. The van der Waals surface area contributed by atoms with Gasteiger partial charge in [0.15, 0.2) is 0 Å². The molecule has 33 heavy (non-hydrogen) atoms. The zero-order chi connectivity index (χ0) is 24.7. The summed E-state index contributed by atoms with van der Waals surface area (Å²) in [6, 6.07) is 8.76. The largest absolute Gasteiger partial charge is 0.506 e. The molecule has 0 aliphatic heterocycles. The molecule has 3 rings (SSSR count). The number of phenolic OH excluding ortho intramolecular Hbond substituents is 2. The molecule has 2 atom stereocenters. The molecule has 1 aliphatic rings. The predicted molar refractivity (Wildman–Crippen MR) is 143 cm³/mol. The van der Waals surface area contributed by atoms with Crippen molar-refractivity contribution >= 4 is 17.4 Å². The maximum atomic E-state index is 11.2. The fourth-order valence-corrected chi connectivity index (χ4v) is 6.57. The molecule has 4 heteroatoms. The van der Waals surface area contributed by atoms with Gasteiger partial charge in [-0.15, -0.1) is 11.8 Å². The standard InChI is InChI=1S/C29H43NO2S/c1-18-14-20(28(3,4)5)26(31)23(16-18)30(9)22-12-10-11-13-24(22)33-25-17-19(2)15-21(27(25)32)29(6,7)8/h14-17,22,24,31-32H,10-13H2,1-9H3/t22-,24-/m0/s1. The van der Waals surface area contributed by atoms with Crippen LogP contribution >= 0.6 is 11.8 Å². The number of hydrogen-bond acceptors (Lipinski definition) is 4. The minimum absolute atomic E-state index is 0.106. The zero-order valence-corrected chi connectivity index (χ0v) is 22.9. The van der Waals surface area contributed by atoms with Crippen LogP contribution in [0.3, 0.4) is 0 Å². The van der Waals surface area contributed by atoms with E-state index in [2.05, 4.69) is 91.6 Å². The molecule has 0 heterocycles. The highest BCUT2D eigenvalue weighted by molar-refractivity contribution is 8.00. The van der Waals surface area contributed by atoms with Gasteiger partial charge in [0.25, 0.3) is 0 Å². The molecule has 0 saturated heterocycles.